The second-order valence-corrected chi connectivity index (χ2v) is 11.0. The number of methoxy groups -OCH3 is 1. The summed E-state index contributed by atoms with van der Waals surface area (Å²) in [7, 11) is 1.19. The van der Waals surface area contributed by atoms with Gasteiger partial charge in [-0.05, 0) is 70.4 Å². The monoisotopic (exact) mass is 587 g/mol. The Morgan fingerprint density at radius 3 is 1.86 bits per heavy atom. The second kappa shape index (κ2) is 14.7. The SMILES string of the molecule is CCC(C)(C)OC(=O)Oc1ccc(C[C@](N)(CCOC(=O)c2ccccc2)C(=O)OC)cc1OC(=O)OC(C)(C)CC. The zero-order valence-corrected chi connectivity index (χ0v) is 25.3. The average Bonchev–Trinajstić information content (AvgIpc) is 2.93. The van der Waals surface area contributed by atoms with E-state index < -0.39 is 41.0 Å². The van der Waals surface area contributed by atoms with Crippen LogP contribution >= 0.6 is 0 Å². The summed E-state index contributed by atoms with van der Waals surface area (Å²) in [5.41, 5.74) is 4.04. The van der Waals surface area contributed by atoms with Gasteiger partial charge in [-0.1, -0.05) is 38.1 Å². The predicted octanol–water partition coefficient (Wildman–Crippen LogP) is 5.75. The highest BCUT2D eigenvalue weighted by Crippen LogP contribution is 2.32. The third-order valence-electron chi connectivity index (χ3n) is 6.72. The van der Waals surface area contributed by atoms with Crippen molar-refractivity contribution in [2.45, 2.75) is 84.0 Å². The van der Waals surface area contributed by atoms with Crippen LogP contribution in [0.4, 0.5) is 9.59 Å². The lowest BCUT2D eigenvalue weighted by Gasteiger charge is -2.27. The largest absolute Gasteiger partial charge is 0.514 e. The van der Waals surface area contributed by atoms with Gasteiger partial charge in [-0.3, -0.25) is 4.79 Å². The molecule has 0 spiro atoms. The fourth-order valence-corrected chi connectivity index (χ4v) is 3.46. The van der Waals surface area contributed by atoms with Crippen LogP contribution in [0.3, 0.4) is 0 Å². The topological polar surface area (TPSA) is 150 Å². The number of benzene rings is 2. The van der Waals surface area contributed by atoms with Crippen molar-refractivity contribution in [3.8, 4) is 11.5 Å². The van der Waals surface area contributed by atoms with E-state index in [1.54, 1.807) is 64.1 Å². The van der Waals surface area contributed by atoms with E-state index in [-0.39, 0.29) is 30.9 Å². The summed E-state index contributed by atoms with van der Waals surface area (Å²) in [6, 6.07) is 12.7. The molecule has 0 fully saturated rings. The lowest BCUT2D eigenvalue weighted by Crippen LogP contribution is -2.51. The van der Waals surface area contributed by atoms with Crippen molar-refractivity contribution in [2.75, 3.05) is 13.7 Å². The maximum atomic E-state index is 12.7. The van der Waals surface area contributed by atoms with Crippen molar-refractivity contribution in [2.24, 2.45) is 5.73 Å². The number of carbonyl (C=O) groups is 4. The summed E-state index contributed by atoms with van der Waals surface area (Å²) in [5.74, 6) is -1.57. The molecule has 0 aromatic heterocycles. The first-order chi connectivity index (χ1) is 19.6. The van der Waals surface area contributed by atoms with Crippen LogP contribution in [0, 0.1) is 0 Å². The molecule has 42 heavy (non-hydrogen) atoms. The second-order valence-electron chi connectivity index (χ2n) is 11.0. The molecule has 0 aliphatic rings. The van der Waals surface area contributed by atoms with Gasteiger partial charge in [-0.25, -0.2) is 14.4 Å². The van der Waals surface area contributed by atoms with E-state index in [9.17, 15) is 19.2 Å². The van der Waals surface area contributed by atoms with Gasteiger partial charge in [0.1, 0.15) is 16.7 Å². The summed E-state index contributed by atoms with van der Waals surface area (Å²) in [6.07, 6.45) is -1.13. The lowest BCUT2D eigenvalue weighted by molar-refractivity contribution is -0.147. The highest BCUT2D eigenvalue weighted by Gasteiger charge is 2.36. The zero-order valence-electron chi connectivity index (χ0n) is 25.3. The molecule has 2 rings (SSSR count). The van der Waals surface area contributed by atoms with E-state index in [1.165, 1.54) is 19.2 Å². The Labute approximate surface area is 246 Å². The molecular formula is C31H41NO10. The molecule has 0 radical (unpaired) electrons. The Hall–Kier alpha value is -4.12. The Kier molecular flexibility index (Phi) is 11.9. The molecule has 0 aliphatic carbocycles. The van der Waals surface area contributed by atoms with Crippen LogP contribution in [0.1, 0.15) is 76.7 Å². The van der Waals surface area contributed by atoms with E-state index in [0.717, 1.165) is 0 Å². The van der Waals surface area contributed by atoms with Crippen LogP contribution in [0.5, 0.6) is 11.5 Å². The van der Waals surface area contributed by atoms with Crippen molar-refractivity contribution in [1.29, 1.82) is 0 Å². The van der Waals surface area contributed by atoms with Crippen LogP contribution in [-0.4, -0.2) is 54.7 Å². The van der Waals surface area contributed by atoms with Gasteiger partial charge in [0.15, 0.2) is 11.5 Å². The smallest absolute Gasteiger partial charge is 0.468 e. The van der Waals surface area contributed by atoms with Crippen molar-refractivity contribution in [1.82, 2.24) is 0 Å². The van der Waals surface area contributed by atoms with Crippen LogP contribution < -0.4 is 15.2 Å². The van der Waals surface area contributed by atoms with Crippen molar-refractivity contribution < 1.29 is 47.6 Å². The molecule has 11 heteroatoms. The normalized spacial score (nSPS) is 12.9. The molecule has 0 saturated heterocycles. The average molecular weight is 588 g/mol. The first-order valence-electron chi connectivity index (χ1n) is 13.7. The number of nitrogens with two attached hydrogens (primary N) is 1. The van der Waals surface area contributed by atoms with Gasteiger partial charge in [0.05, 0.1) is 19.3 Å². The van der Waals surface area contributed by atoms with E-state index in [1.807, 2.05) is 13.8 Å². The van der Waals surface area contributed by atoms with Gasteiger partial charge < -0.3 is 34.2 Å². The van der Waals surface area contributed by atoms with Gasteiger partial charge in [0.25, 0.3) is 0 Å². The Morgan fingerprint density at radius 2 is 1.33 bits per heavy atom. The first-order valence-corrected chi connectivity index (χ1v) is 13.7. The number of hydrogen-bond acceptors (Lipinski definition) is 11. The summed E-state index contributed by atoms with van der Waals surface area (Å²) in [6.45, 7) is 10.4. The van der Waals surface area contributed by atoms with Gasteiger partial charge in [0, 0.05) is 12.8 Å². The molecule has 0 bridgehead atoms. The highest BCUT2D eigenvalue weighted by atomic mass is 16.8. The Bertz CT molecular complexity index is 1240. The molecule has 2 aromatic carbocycles. The number of ether oxygens (including phenoxy) is 6. The fourth-order valence-electron chi connectivity index (χ4n) is 3.46. The fraction of sp³-hybridized carbons (Fsp3) is 0.484. The van der Waals surface area contributed by atoms with E-state index >= 15 is 0 Å². The Morgan fingerprint density at radius 1 is 0.786 bits per heavy atom. The maximum Gasteiger partial charge on any atom is 0.514 e. The van der Waals surface area contributed by atoms with Gasteiger partial charge >= 0.3 is 24.2 Å². The maximum absolute atomic E-state index is 12.7. The molecule has 0 aliphatic heterocycles. The molecule has 0 saturated carbocycles. The molecule has 0 unspecified atom stereocenters. The molecule has 2 N–H and O–H groups in total. The highest BCUT2D eigenvalue weighted by molar-refractivity contribution is 5.89. The number of rotatable bonds is 13. The minimum atomic E-state index is -1.61. The van der Waals surface area contributed by atoms with E-state index in [4.69, 9.17) is 34.2 Å². The van der Waals surface area contributed by atoms with Crippen LogP contribution in [-0.2, 0) is 30.2 Å². The molecule has 11 nitrogen and oxygen atoms in total. The third kappa shape index (κ3) is 10.4. The van der Waals surface area contributed by atoms with E-state index in [2.05, 4.69) is 0 Å². The zero-order chi connectivity index (χ0) is 31.6. The van der Waals surface area contributed by atoms with Crippen LogP contribution in [0.15, 0.2) is 48.5 Å². The van der Waals surface area contributed by atoms with Crippen molar-refractivity contribution >= 4 is 24.2 Å². The van der Waals surface area contributed by atoms with Crippen LogP contribution in [0.2, 0.25) is 0 Å². The number of hydrogen-bond donors (Lipinski definition) is 1. The molecular weight excluding hydrogens is 546 g/mol. The standard InChI is InChI=1S/C31H41NO10/c1-8-29(3,4)41-27(35)39-23-16-15-21(19-24(23)40-28(36)42-30(5,6)9-2)20-31(32,26(34)37-7)17-18-38-25(33)22-13-11-10-12-14-22/h10-16,19H,8-9,17-18,20,32H2,1-7H3/t31-/m1/s1. The van der Waals surface area contributed by atoms with E-state index in [0.29, 0.717) is 24.0 Å². The molecule has 0 heterocycles. The summed E-state index contributed by atoms with van der Waals surface area (Å²) < 4.78 is 31.7. The lowest BCUT2D eigenvalue weighted by atomic mass is 9.88. The summed E-state index contributed by atoms with van der Waals surface area (Å²) >= 11 is 0. The molecule has 0 amide bonds. The quantitative estimate of drug-likeness (QED) is 0.173. The predicted molar refractivity (Wildman–Crippen MR) is 153 cm³/mol. The van der Waals surface area contributed by atoms with Crippen LogP contribution in [0.25, 0.3) is 0 Å². The van der Waals surface area contributed by atoms with Gasteiger partial charge in [-0.15, -0.1) is 0 Å². The third-order valence-corrected chi connectivity index (χ3v) is 6.72. The van der Waals surface area contributed by atoms with Crippen molar-refractivity contribution in [3.05, 3.63) is 59.7 Å². The van der Waals surface area contributed by atoms with Gasteiger partial charge in [-0.2, -0.15) is 0 Å². The number of esters is 2. The number of carbonyl (C=O) groups excluding carboxylic acids is 4. The summed E-state index contributed by atoms with van der Waals surface area (Å²) in [4.78, 5) is 50.2. The van der Waals surface area contributed by atoms with Gasteiger partial charge in [0.2, 0.25) is 0 Å². The molecule has 2 aromatic rings. The first kappa shape index (κ1) is 34.1. The summed E-state index contributed by atoms with van der Waals surface area (Å²) in [5, 5.41) is 0. The molecule has 230 valence electrons. The minimum Gasteiger partial charge on any atom is -0.468 e. The molecule has 1 atom stereocenters. The Balaban J connectivity index is 2.30. The minimum absolute atomic E-state index is 0.0716. The van der Waals surface area contributed by atoms with Crippen molar-refractivity contribution in [3.63, 3.8) is 0 Å².